The van der Waals surface area contributed by atoms with E-state index >= 15 is 0 Å². The zero-order chi connectivity index (χ0) is 14.7. The molecule has 20 heavy (non-hydrogen) atoms. The molecule has 2 aromatic heterocycles. The first-order valence-electron chi connectivity index (χ1n) is 7.07. The highest BCUT2D eigenvalue weighted by molar-refractivity contribution is 7.10. The monoisotopic (exact) mass is 311 g/mol. The smallest absolute Gasteiger partial charge is 0.0596 e. The summed E-state index contributed by atoms with van der Waals surface area (Å²) >= 11 is 8.17. The molecule has 0 aliphatic heterocycles. The van der Waals surface area contributed by atoms with Crippen molar-refractivity contribution in [2.24, 2.45) is 0 Å². The van der Waals surface area contributed by atoms with E-state index in [0.29, 0.717) is 0 Å². The van der Waals surface area contributed by atoms with Crippen LogP contribution >= 0.6 is 22.9 Å². The van der Waals surface area contributed by atoms with Gasteiger partial charge >= 0.3 is 0 Å². The molecule has 2 heterocycles. The summed E-state index contributed by atoms with van der Waals surface area (Å²) < 4.78 is 2.08. The lowest BCUT2D eigenvalue weighted by atomic mass is 10.1. The molecular weight excluding hydrogens is 290 g/mol. The minimum Gasteiger partial charge on any atom is -0.309 e. The topological polar surface area (TPSA) is 29.9 Å². The number of aromatic nitrogens is 2. The molecule has 3 nitrogen and oxygen atoms in total. The van der Waals surface area contributed by atoms with Gasteiger partial charge in [0.2, 0.25) is 0 Å². The fourth-order valence-electron chi connectivity index (χ4n) is 2.44. The van der Waals surface area contributed by atoms with Gasteiger partial charge in [0, 0.05) is 29.6 Å². The van der Waals surface area contributed by atoms with Crippen molar-refractivity contribution in [2.45, 2.75) is 46.7 Å². The zero-order valence-electron chi connectivity index (χ0n) is 12.5. The van der Waals surface area contributed by atoms with Crippen LogP contribution in [0.15, 0.2) is 11.4 Å². The van der Waals surface area contributed by atoms with Crippen LogP contribution in [-0.2, 0) is 13.0 Å². The van der Waals surface area contributed by atoms with Crippen LogP contribution in [0.25, 0.3) is 0 Å². The van der Waals surface area contributed by atoms with Crippen molar-refractivity contribution in [1.82, 2.24) is 15.1 Å². The van der Waals surface area contributed by atoms with Crippen molar-refractivity contribution in [2.75, 3.05) is 6.54 Å². The van der Waals surface area contributed by atoms with Crippen LogP contribution in [-0.4, -0.2) is 16.3 Å². The van der Waals surface area contributed by atoms with Gasteiger partial charge in [0.15, 0.2) is 0 Å². The second-order valence-electron chi connectivity index (χ2n) is 5.00. The molecular formula is C15H22ClN3S. The summed E-state index contributed by atoms with van der Waals surface area (Å²) in [5.41, 5.74) is 3.50. The Bertz CT molecular complexity index is 574. The summed E-state index contributed by atoms with van der Waals surface area (Å²) in [6, 6.07) is 2.43. The molecule has 0 saturated heterocycles. The van der Waals surface area contributed by atoms with Crippen LogP contribution in [0.5, 0.6) is 0 Å². The van der Waals surface area contributed by atoms with Crippen LogP contribution in [0.1, 0.15) is 41.7 Å². The molecule has 0 aliphatic carbocycles. The van der Waals surface area contributed by atoms with Crippen molar-refractivity contribution < 1.29 is 0 Å². The number of rotatable bonds is 6. The first-order valence-corrected chi connectivity index (χ1v) is 8.32. The first kappa shape index (κ1) is 15.5. The van der Waals surface area contributed by atoms with Gasteiger partial charge in [-0.2, -0.15) is 5.10 Å². The Morgan fingerprint density at radius 3 is 2.70 bits per heavy atom. The molecule has 1 unspecified atom stereocenters. The highest BCUT2D eigenvalue weighted by atomic mass is 35.5. The summed E-state index contributed by atoms with van der Waals surface area (Å²) in [5.74, 6) is 0. The van der Waals surface area contributed by atoms with Gasteiger partial charge in [0.25, 0.3) is 0 Å². The SMILES string of the molecule is CCNC(Cc1cc(C)nn1CC)c1scc(C)c1Cl. The Kier molecular flexibility index (Phi) is 5.24. The number of aryl methyl sites for hydroxylation is 3. The molecule has 0 amide bonds. The lowest BCUT2D eigenvalue weighted by molar-refractivity contribution is 0.522. The van der Waals surface area contributed by atoms with Crippen molar-refractivity contribution >= 4 is 22.9 Å². The zero-order valence-corrected chi connectivity index (χ0v) is 14.1. The van der Waals surface area contributed by atoms with E-state index in [0.717, 1.165) is 35.8 Å². The Morgan fingerprint density at radius 2 is 2.15 bits per heavy atom. The molecule has 2 aromatic rings. The Hall–Kier alpha value is -0.840. The minimum absolute atomic E-state index is 0.257. The molecule has 1 atom stereocenters. The lowest BCUT2D eigenvalue weighted by Crippen LogP contribution is -2.23. The second kappa shape index (κ2) is 6.74. The van der Waals surface area contributed by atoms with Crippen LogP contribution < -0.4 is 5.32 Å². The number of halogens is 1. The van der Waals surface area contributed by atoms with Gasteiger partial charge in [-0.1, -0.05) is 18.5 Å². The Balaban J connectivity index is 2.27. The molecule has 0 radical (unpaired) electrons. The third-order valence-corrected chi connectivity index (χ3v) is 5.22. The van der Waals surface area contributed by atoms with E-state index in [1.165, 1.54) is 10.6 Å². The Labute approximate surface area is 130 Å². The van der Waals surface area contributed by atoms with E-state index in [1.807, 2.05) is 6.92 Å². The van der Waals surface area contributed by atoms with E-state index in [2.05, 4.69) is 47.3 Å². The number of hydrogen-bond donors (Lipinski definition) is 1. The molecule has 1 N–H and O–H groups in total. The molecule has 2 rings (SSSR count). The normalized spacial score (nSPS) is 12.8. The van der Waals surface area contributed by atoms with Crippen LogP contribution in [0.2, 0.25) is 5.02 Å². The number of nitrogens with one attached hydrogen (secondary N) is 1. The number of hydrogen-bond acceptors (Lipinski definition) is 3. The van der Waals surface area contributed by atoms with Crippen LogP contribution in [0.3, 0.4) is 0 Å². The molecule has 0 bridgehead atoms. The maximum absolute atomic E-state index is 6.43. The van der Waals surface area contributed by atoms with Crippen molar-refractivity contribution in [3.63, 3.8) is 0 Å². The van der Waals surface area contributed by atoms with Gasteiger partial charge in [-0.15, -0.1) is 11.3 Å². The molecule has 0 aliphatic rings. The number of likely N-dealkylation sites (N-methyl/N-ethyl adjacent to an activating group) is 1. The second-order valence-corrected chi connectivity index (χ2v) is 6.29. The summed E-state index contributed by atoms with van der Waals surface area (Å²) in [4.78, 5) is 1.23. The number of nitrogens with zero attached hydrogens (tertiary/aromatic N) is 2. The quantitative estimate of drug-likeness (QED) is 0.869. The molecule has 110 valence electrons. The van der Waals surface area contributed by atoms with Crippen LogP contribution in [0.4, 0.5) is 0 Å². The van der Waals surface area contributed by atoms with E-state index in [9.17, 15) is 0 Å². The molecule has 0 saturated carbocycles. The van der Waals surface area contributed by atoms with Crippen LogP contribution in [0, 0.1) is 13.8 Å². The summed E-state index contributed by atoms with van der Waals surface area (Å²) in [5, 5.41) is 11.1. The van der Waals surface area contributed by atoms with Gasteiger partial charge in [0.1, 0.15) is 0 Å². The highest BCUT2D eigenvalue weighted by Gasteiger charge is 2.19. The number of thiophene rings is 1. The van der Waals surface area contributed by atoms with E-state index in [1.54, 1.807) is 11.3 Å². The Morgan fingerprint density at radius 1 is 1.40 bits per heavy atom. The fourth-order valence-corrected chi connectivity index (χ4v) is 3.84. The fraction of sp³-hybridized carbons (Fsp3) is 0.533. The van der Waals surface area contributed by atoms with Crippen molar-refractivity contribution in [3.8, 4) is 0 Å². The highest BCUT2D eigenvalue weighted by Crippen LogP contribution is 2.34. The molecule has 0 fully saturated rings. The van der Waals surface area contributed by atoms with Crippen molar-refractivity contribution in [3.05, 3.63) is 38.3 Å². The molecule has 5 heteroatoms. The van der Waals surface area contributed by atoms with Gasteiger partial charge in [-0.25, -0.2) is 0 Å². The summed E-state index contributed by atoms with van der Waals surface area (Å²) in [6.07, 6.45) is 0.919. The third-order valence-electron chi connectivity index (χ3n) is 3.39. The van der Waals surface area contributed by atoms with E-state index in [-0.39, 0.29) is 6.04 Å². The first-order chi connectivity index (χ1) is 9.56. The maximum atomic E-state index is 6.43. The van der Waals surface area contributed by atoms with Gasteiger partial charge in [-0.3, -0.25) is 4.68 Å². The summed E-state index contributed by atoms with van der Waals surface area (Å²) in [7, 11) is 0. The predicted molar refractivity (Wildman–Crippen MR) is 86.8 cm³/mol. The minimum atomic E-state index is 0.257. The van der Waals surface area contributed by atoms with Gasteiger partial charge < -0.3 is 5.32 Å². The third kappa shape index (κ3) is 3.25. The average Bonchev–Trinajstić information content (AvgIpc) is 2.93. The maximum Gasteiger partial charge on any atom is 0.0596 e. The predicted octanol–water partition coefficient (Wildman–Crippen LogP) is 4.13. The average molecular weight is 312 g/mol. The molecule has 0 aromatic carbocycles. The van der Waals surface area contributed by atoms with Gasteiger partial charge in [-0.05, 0) is 44.3 Å². The largest absolute Gasteiger partial charge is 0.309 e. The van der Waals surface area contributed by atoms with Crippen molar-refractivity contribution in [1.29, 1.82) is 0 Å². The molecule has 0 spiro atoms. The lowest BCUT2D eigenvalue weighted by Gasteiger charge is -2.18. The summed E-state index contributed by atoms with van der Waals surface area (Å²) in [6.45, 7) is 10.2. The van der Waals surface area contributed by atoms with Gasteiger partial charge in [0.05, 0.1) is 10.7 Å². The standard InChI is InChI=1S/C15H22ClN3S/c1-5-17-13(15-14(16)10(3)9-20-15)8-12-7-11(4)18-19(12)6-2/h7,9,13,17H,5-6,8H2,1-4H3. The van der Waals surface area contributed by atoms with E-state index < -0.39 is 0 Å². The van der Waals surface area contributed by atoms with E-state index in [4.69, 9.17) is 11.6 Å².